The third kappa shape index (κ3) is 5.17. The van der Waals surface area contributed by atoms with Gasteiger partial charge in [-0.25, -0.2) is 4.68 Å². The normalized spacial score (nSPS) is 19.8. The minimum absolute atomic E-state index is 0.0373. The zero-order valence-corrected chi connectivity index (χ0v) is 17.2. The van der Waals surface area contributed by atoms with Crippen molar-refractivity contribution >= 4 is 11.6 Å². The minimum Gasteiger partial charge on any atom is -0.351 e. The van der Waals surface area contributed by atoms with E-state index in [0.717, 1.165) is 37.9 Å². The lowest BCUT2D eigenvalue weighted by molar-refractivity contribution is -0.384. The summed E-state index contributed by atoms with van der Waals surface area (Å²) in [6.45, 7) is 10.1. The van der Waals surface area contributed by atoms with Crippen molar-refractivity contribution in [3.8, 4) is 5.69 Å². The molecule has 2 aromatic rings. The molecular formula is C20H28N6O3. The molecule has 156 valence electrons. The zero-order valence-electron chi connectivity index (χ0n) is 17.2. The quantitative estimate of drug-likeness (QED) is 0.435. The van der Waals surface area contributed by atoms with Crippen LogP contribution in [0.25, 0.3) is 5.69 Å². The van der Waals surface area contributed by atoms with Gasteiger partial charge in [0.2, 0.25) is 0 Å². The molecule has 1 amide bonds. The number of carbonyl (C=O) groups is 1. The van der Waals surface area contributed by atoms with E-state index in [1.54, 1.807) is 19.1 Å². The Hall–Kier alpha value is -2.81. The molecular weight excluding hydrogens is 372 g/mol. The van der Waals surface area contributed by atoms with Crippen LogP contribution in [0.4, 0.5) is 5.69 Å². The average Bonchev–Trinajstić information content (AvgIpc) is 3.06. The molecule has 9 nitrogen and oxygen atoms in total. The van der Waals surface area contributed by atoms with Crippen LogP contribution in [-0.4, -0.2) is 56.9 Å². The molecule has 0 spiro atoms. The molecule has 29 heavy (non-hydrogen) atoms. The summed E-state index contributed by atoms with van der Waals surface area (Å²) >= 11 is 0. The standard InChI is InChI=1S/C20H28N6O3/c1-14-10-15(2)13-24(12-14)9-5-8-21-20(27)19-16(3)25(23-22-19)17-6-4-7-18(11-17)26(28)29/h4,6-7,11,14-15H,5,8-10,12-13H2,1-3H3,(H,21,27). The highest BCUT2D eigenvalue weighted by molar-refractivity contribution is 5.93. The molecule has 2 atom stereocenters. The van der Waals surface area contributed by atoms with Gasteiger partial charge in [0.25, 0.3) is 11.6 Å². The number of nitro benzene ring substituents is 1. The van der Waals surface area contributed by atoms with Crippen LogP contribution < -0.4 is 5.32 Å². The molecule has 1 aliphatic heterocycles. The molecule has 2 heterocycles. The molecule has 2 unspecified atom stereocenters. The first-order valence-electron chi connectivity index (χ1n) is 10.0. The Morgan fingerprint density at radius 2 is 2.03 bits per heavy atom. The summed E-state index contributed by atoms with van der Waals surface area (Å²) in [5.74, 6) is 1.17. The van der Waals surface area contributed by atoms with Crippen LogP contribution in [0.5, 0.6) is 0 Å². The van der Waals surface area contributed by atoms with Gasteiger partial charge >= 0.3 is 0 Å². The minimum atomic E-state index is -0.465. The largest absolute Gasteiger partial charge is 0.351 e. The predicted molar refractivity (Wildman–Crippen MR) is 109 cm³/mol. The van der Waals surface area contributed by atoms with E-state index in [-0.39, 0.29) is 17.3 Å². The first kappa shape index (κ1) is 20.9. The molecule has 1 aliphatic rings. The Labute approximate surface area is 170 Å². The highest BCUT2D eigenvalue weighted by Gasteiger charge is 2.22. The summed E-state index contributed by atoms with van der Waals surface area (Å²) in [5, 5.41) is 21.9. The summed E-state index contributed by atoms with van der Waals surface area (Å²) in [4.78, 5) is 25.5. The molecule has 1 fully saturated rings. The van der Waals surface area contributed by atoms with Crippen molar-refractivity contribution in [3.63, 3.8) is 0 Å². The number of benzene rings is 1. The van der Waals surface area contributed by atoms with Crippen LogP contribution in [0.3, 0.4) is 0 Å². The molecule has 9 heteroatoms. The number of nitro groups is 1. The van der Waals surface area contributed by atoms with Crippen molar-refractivity contribution in [2.75, 3.05) is 26.2 Å². The number of hydrogen-bond donors (Lipinski definition) is 1. The number of carbonyl (C=O) groups excluding carboxylic acids is 1. The van der Waals surface area contributed by atoms with Gasteiger partial charge in [-0.2, -0.15) is 0 Å². The first-order valence-corrected chi connectivity index (χ1v) is 10.0. The van der Waals surface area contributed by atoms with E-state index in [1.807, 2.05) is 0 Å². The summed E-state index contributed by atoms with van der Waals surface area (Å²) in [5.41, 5.74) is 1.24. The Bertz CT molecular complexity index is 871. The average molecular weight is 400 g/mol. The van der Waals surface area contributed by atoms with Crippen LogP contribution in [0.1, 0.15) is 42.9 Å². The monoisotopic (exact) mass is 400 g/mol. The maximum Gasteiger partial charge on any atom is 0.273 e. The van der Waals surface area contributed by atoms with Gasteiger partial charge in [0, 0.05) is 31.8 Å². The smallest absolute Gasteiger partial charge is 0.273 e. The van der Waals surface area contributed by atoms with Gasteiger partial charge in [-0.15, -0.1) is 5.10 Å². The molecule has 0 bridgehead atoms. The lowest BCUT2D eigenvalue weighted by Crippen LogP contribution is -2.40. The molecule has 0 saturated carbocycles. The molecule has 1 aromatic heterocycles. The number of nitrogens with one attached hydrogen (secondary N) is 1. The molecule has 1 saturated heterocycles. The van der Waals surface area contributed by atoms with Gasteiger partial charge in [-0.1, -0.05) is 25.1 Å². The number of non-ortho nitro benzene ring substituents is 1. The third-order valence-corrected chi connectivity index (χ3v) is 5.28. The zero-order chi connectivity index (χ0) is 21.0. The maximum absolute atomic E-state index is 12.5. The summed E-state index contributed by atoms with van der Waals surface area (Å²) in [6.07, 6.45) is 2.16. The van der Waals surface area contributed by atoms with E-state index >= 15 is 0 Å². The Morgan fingerprint density at radius 3 is 2.72 bits per heavy atom. The third-order valence-electron chi connectivity index (χ3n) is 5.28. The number of piperidine rings is 1. The van der Waals surface area contributed by atoms with Gasteiger partial charge < -0.3 is 10.2 Å². The van der Waals surface area contributed by atoms with Crippen molar-refractivity contribution in [1.82, 2.24) is 25.2 Å². The Balaban J connectivity index is 1.55. The maximum atomic E-state index is 12.5. The highest BCUT2D eigenvalue weighted by atomic mass is 16.6. The van der Waals surface area contributed by atoms with Crippen molar-refractivity contribution in [1.29, 1.82) is 0 Å². The fraction of sp³-hybridized carbons (Fsp3) is 0.550. The van der Waals surface area contributed by atoms with E-state index in [1.165, 1.54) is 23.2 Å². The number of nitrogens with zero attached hydrogens (tertiary/aromatic N) is 5. The summed E-state index contributed by atoms with van der Waals surface area (Å²) in [7, 11) is 0. The van der Waals surface area contributed by atoms with Gasteiger partial charge in [-0.05, 0) is 44.2 Å². The molecule has 3 rings (SSSR count). The fourth-order valence-electron chi connectivity index (χ4n) is 4.09. The van der Waals surface area contributed by atoms with Crippen molar-refractivity contribution in [2.24, 2.45) is 11.8 Å². The lowest BCUT2D eigenvalue weighted by Gasteiger charge is -2.34. The van der Waals surface area contributed by atoms with Crippen LogP contribution in [-0.2, 0) is 0 Å². The van der Waals surface area contributed by atoms with E-state index in [9.17, 15) is 14.9 Å². The second kappa shape index (κ2) is 9.13. The van der Waals surface area contributed by atoms with E-state index in [0.29, 0.717) is 17.9 Å². The second-order valence-corrected chi connectivity index (χ2v) is 8.03. The number of hydrogen-bond acceptors (Lipinski definition) is 6. The van der Waals surface area contributed by atoms with Crippen LogP contribution in [0.2, 0.25) is 0 Å². The summed E-state index contributed by atoms with van der Waals surface area (Å²) < 4.78 is 1.44. The van der Waals surface area contributed by atoms with Gasteiger partial charge in [0.1, 0.15) is 0 Å². The number of likely N-dealkylation sites (tertiary alicyclic amines) is 1. The van der Waals surface area contributed by atoms with E-state index in [2.05, 4.69) is 34.4 Å². The molecule has 0 radical (unpaired) electrons. The van der Waals surface area contributed by atoms with Crippen molar-refractivity contribution in [2.45, 2.75) is 33.6 Å². The van der Waals surface area contributed by atoms with Crippen LogP contribution in [0.15, 0.2) is 24.3 Å². The Morgan fingerprint density at radius 1 is 1.31 bits per heavy atom. The first-order chi connectivity index (χ1) is 13.8. The van der Waals surface area contributed by atoms with Crippen LogP contribution in [0, 0.1) is 28.9 Å². The highest BCUT2D eigenvalue weighted by Crippen LogP contribution is 2.21. The number of rotatable bonds is 7. The fourth-order valence-corrected chi connectivity index (χ4v) is 4.09. The topological polar surface area (TPSA) is 106 Å². The summed E-state index contributed by atoms with van der Waals surface area (Å²) in [6, 6.07) is 6.09. The number of amides is 1. The number of aromatic nitrogens is 3. The molecule has 1 aromatic carbocycles. The van der Waals surface area contributed by atoms with Crippen molar-refractivity contribution < 1.29 is 9.72 Å². The lowest BCUT2D eigenvalue weighted by atomic mass is 9.92. The second-order valence-electron chi connectivity index (χ2n) is 8.03. The molecule has 1 N–H and O–H groups in total. The van der Waals surface area contributed by atoms with Gasteiger partial charge in [0.15, 0.2) is 5.69 Å². The van der Waals surface area contributed by atoms with Crippen molar-refractivity contribution in [3.05, 3.63) is 45.8 Å². The van der Waals surface area contributed by atoms with E-state index < -0.39 is 4.92 Å². The SMILES string of the molecule is Cc1c(C(=O)NCCCN2CC(C)CC(C)C2)nnn1-c1cccc([N+](=O)[O-])c1. The predicted octanol–water partition coefficient (Wildman–Crippen LogP) is 2.58. The molecule has 0 aliphatic carbocycles. The van der Waals surface area contributed by atoms with Gasteiger partial charge in [0.05, 0.1) is 16.3 Å². The Kier molecular flexibility index (Phi) is 6.58. The van der Waals surface area contributed by atoms with Crippen LogP contribution >= 0.6 is 0 Å². The van der Waals surface area contributed by atoms with Gasteiger partial charge in [-0.3, -0.25) is 14.9 Å². The van der Waals surface area contributed by atoms with E-state index in [4.69, 9.17) is 0 Å².